The number of benzene rings is 2. The van der Waals surface area contributed by atoms with Crippen LogP contribution in [0.15, 0.2) is 36.4 Å². The van der Waals surface area contributed by atoms with E-state index in [0.717, 1.165) is 28.9 Å². The van der Waals surface area contributed by atoms with E-state index in [2.05, 4.69) is 17.6 Å². The summed E-state index contributed by atoms with van der Waals surface area (Å²) < 4.78 is 10.5. The molecule has 0 unspecified atom stereocenters. The molecule has 0 atom stereocenters. The molecule has 0 radical (unpaired) electrons. The lowest BCUT2D eigenvalue weighted by atomic mass is 10.1. The van der Waals surface area contributed by atoms with Crippen LogP contribution in [-0.4, -0.2) is 26.7 Å². The van der Waals surface area contributed by atoms with Gasteiger partial charge >= 0.3 is 0 Å². The third kappa shape index (κ3) is 4.89. The zero-order chi connectivity index (χ0) is 18.2. The van der Waals surface area contributed by atoms with Crippen LogP contribution < -0.4 is 20.1 Å². The first-order valence-electron chi connectivity index (χ1n) is 8.43. The molecule has 0 fully saturated rings. The predicted octanol–water partition coefficient (Wildman–Crippen LogP) is 4.02. The molecule has 2 aromatic carbocycles. The topological polar surface area (TPSA) is 59.6 Å². The fourth-order valence-corrected chi connectivity index (χ4v) is 2.67. The van der Waals surface area contributed by atoms with Crippen LogP contribution in [0.2, 0.25) is 0 Å². The van der Waals surface area contributed by atoms with Crippen molar-refractivity contribution >= 4 is 17.3 Å². The van der Waals surface area contributed by atoms with Gasteiger partial charge in [-0.15, -0.1) is 0 Å². The molecule has 0 spiro atoms. The van der Waals surface area contributed by atoms with Gasteiger partial charge in [0.25, 0.3) is 0 Å². The molecule has 2 aromatic rings. The number of rotatable bonds is 8. The standard InChI is InChI=1S/C20H26N2O3/c1-5-15-8-6-7-14(2)20(15)22-19(23)11-12-21-16-9-10-17(24-3)18(13-16)25-4/h6-10,13,21H,5,11-12H2,1-4H3,(H,22,23). The van der Waals surface area contributed by atoms with Crippen molar-refractivity contribution in [2.45, 2.75) is 26.7 Å². The van der Waals surface area contributed by atoms with Crippen LogP contribution in [0.1, 0.15) is 24.5 Å². The van der Waals surface area contributed by atoms with Gasteiger partial charge in [-0.1, -0.05) is 25.1 Å². The van der Waals surface area contributed by atoms with Gasteiger partial charge < -0.3 is 20.1 Å². The van der Waals surface area contributed by atoms with Gasteiger partial charge in [0.1, 0.15) is 0 Å². The molecule has 2 rings (SSSR count). The van der Waals surface area contributed by atoms with Crippen LogP contribution in [0, 0.1) is 6.92 Å². The highest BCUT2D eigenvalue weighted by Gasteiger charge is 2.09. The highest BCUT2D eigenvalue weighted by atomic mass is 16.5. The molecule has 0 aliphatic carbocycles. The van der Waals surface area contributed by atoms with Crippen LogP contribution >= 0.6 is 0 Å². The van der Waals surface area contributed by atoms with Gasteiger partial charge in [0.15, 0.2) is 11.5 Å². The maximum Gasteiger partial charge on any atom is 0.226 e. The second kappa shape index (κ2) is 8.97. The van der Waals surface area contributed by atoms with E-state index >= 15 is 0 Å². The number of para-hydroxylation sites is 1. The third-order valence-electron chi connectivity index (χ3n) is 4.07. The number of aryl methyl sites for hydroxylation is 2. The Kier molecular flexibility index (Phi) is 6.69. The molecule has 5 heteroatoms. The van der Waals surface area contributed by atoms with Gasteiger partial charge in [0, 0.05) is 30.4 Å². The van der Waals surface area contributed by atoms with Crippen molar-refractivity contribution in [3.8, 4) is 11.5 Å². The molecule has 0 saturated carbocycles. The van der Waals surface area contributed by atoms with E-state index in [1.807, 2.05) is 43.3 Å². The Hall–Kier alpha value is -2.69. The van der Waals surface area contributed by atoms with Crippen LogP contribution in [-0.2, 0) is 11.2 Å². The van der Waals surface area contributed by atoms with Crippen LogP contribution in [0.5, 0.6) is 11.5 Å². The average molecular weight is 342 g/mol. The Bertz CT molecular complexity index is 729. The van der Waals surface area contributed by atoms with E-state index in [-0.39, 0.29) is 5.91 Å². The van der Waals surface area contributed by atoms with Gasteiger partial charge in [-0.25, -0.2) is 0 Å². The van der Waals surface area contributed by atoms with Crippen molar-refractivity contribution in [2.75, 3.05) is 31.4 Å². The first-order chi connectivity index (χ1) is 12.1. The van der Waals surface area contributed by atoms with Gasteiger partial charge in [0.2, 0.25) is 5.91 Å². The summed E-state index contributed by atoms with van der Waals surface area (Å²) in [6.07, 6.45) is 1.27. The number of anilines is 2. The molecule has 1 amide bonds. The van der Waals surface area contributed by atoms with Crippen molar-refractivity contribution in [3.05, 3.63) is 47.5 Å². The maximum atomic E-state index is 12.3. The Balaban J connectivity index is 1.91. The minimum Gasteiger partial charge on any atom is -0.493 e. The second-order valence-electron chi connectivity index (χ2n) is 5.76. The summed E-state index contributed by atoms with van der Waals surface area (Å²) in [5, 5.41) is 6.27. The average Bonchev–Trinajstić information content (AvgIpc) is 2.63. The SMILES string of the molecule is CCc1cccc(C)c1NC(=O)CCNc1ccc(OC)c(OC)c1. The molecule has 2 N–H and O–H groups in total. The first kappa shape index (κ1) is 18.6. The summed E-state index contributed by atoms with van der Waals surface area (Å²) in [5.41, 5.74) is 4.05. The van der Waals surface area contributed by atoms with E-state index in [1.165, 1.54) is 0 Å². The molecule has 5 nitrogen and oxygen atoms in total. The Labute approximate surface area is 149 Å². The Morgan fingerprint density at radius 2 is 1.84 bits per heavy atom. The number of carbonyl (C=O) groups excluding carboxylic acids is 1. The summed E-state index contributed by atoms with van der Waals surface area (Å²) in [6.45, 7) is 4.63. The third-order valence-corrected chi connectivity index (χ3v) is 4.07. The number of nitrogens with one attached hydrogen (secondary N) is 2. The minimum absolute atomic E-state index is 0.00280. The van der Waals surface area contributed by atoms with E-state index in [1.54, 1.807) is 14.2 Å². The summed E-state index contributed by atoms with van der Waals surface area (Å²) in [5.74, 6) is 1.33. The smallest absolute Gasteiger partial charge is 0.226 e. The molecule has 25 heavy (non-hydrogen) atoms. The molecule has 0 saturated heterocycles. The fourth-order valence-electron chi connectivity index (χ4n) is 2.67. The highest BCUT2D eigenvalue weighted by molar-refractivity contribution is 5.92. The lowest BCUT2D eigenvalue weighted by Crippen LogP contribution is -2.17. The number of hydrogen-bond donors (Lipinski definition) is 2. The summed E-state index contributed by atoms with van der Waals surface area (Å²) in [4.78, 5) is 12.3. The molecule has 0 bridgehead atoms. The van der Waals surface area contributed by atoms with Crippen molar-refractivity contribution in [1.29, 1.82) is 0 Å². The number of methoxy groups -OCH3 is 2. The number of amides is 1. The lowest BCUT2D eigenvalue weighted by molar-refractivity contribution is -0.115. The molecule has 0 aliphatic heterocycles. The summed E-state index contributed by atoms with van der Waals surface area (Å²) >= 11 is 0. The van der Waals surface area contributed by atoms with Crippen molar-refractivity contribution < 1.29 is 14.3 Å². The van der Waals surface area contributed by atoms with Crippen molar-refractivity contribution in [2.24, 2.45) is 0 Å². The van der Waals surface area contributed by atoms with Gasteiger partial charge in [-0.05, 0) is 36.6 Å². The maximum absolute atomic E-state index is 12.3. The van der Waals surface area contributed by atoms with Crippen LogP contribution in [0.3, 0.4) is 0 Å². The molecular weight excluding hydrogens is 316 g/mol. The molecule has 0 aliphatic rings. The first-order valence-corrected chi connectivity index (χ1v) is 8.43. The van der Waals surface area contributed by atoms with E-state index in [9.17, 15) is 4.79 Å². The highest BCUT2D eigenvalue weighted by Crippen LogP contribution is 2.29. The van der Waals surface area contributed by atoms with Crippen LogP contribution in [0.25, 0.3) is 0 Å². The normalized spacial score (nSPS) is 10.2. The van der Waals surface area contributed by atoms with Crippen molar-refractivity contribution in [1.82, 2.24) is 0 Å². The van der Waals surface area contributed by atoms with E-state index in [4.69, 9.17) is 9.47 Å². The number of hydrogen-bond acceptors (Lipinski definition) is 4. The molecule has 0 heterocycles. The second-order valence-corrected chi connectivity index (χ2v) is 5.76. The predicted molar refractivity (Wildman–Crippen MR) is 102 cm³/mol. The summed E-state index contributed by atoms with van der Waals surface area (Å²) in [7, 11) is 3.20. The van der Waals surface area contributed by atoms with E-state index in [0.29, 0.717) is 24.5 Å². The Morgan fingerprint density at radius 3 is 2.52 bits per heavy atom. The zero-order valence-electron chi connectivity index (χ0n) is 15.3. The Morgan fingerprint density at radius 1 is 1.08 bits per heavy atom. The monoisotopic (exact) mass is 342 g/mol. The largest absolute Gasteiger partial charge is 0.493 e. The van der Waals surface area contributed by atoms with Crippen LogP contribution in [0.4, 0.5) is 11.4 Å². The molecule has 0 aromatic heterocycles. The molecular formula is C20H26N2O3. The molecule has 134 valence electrons. The minimum atomic E-state index is -0.00280. The fraction of sp³-hybridized carbons (Fsp3) is 0.350. The van der Waals surface area contributed by atoms with Gasteiger partial charge in [-0.3, -0.25) is 4.79 Å². The zero-order valence-corrected chi connectivity index (χ0v) is 15.3. The number of carbonyl (C=O) groups is 1. The van der Waals surface area contributed by atoms with Gasteiger partial charge in [0.05, 0.1) is 14.2 Å². The lowest BCUT2D eigenvalue weighted by Gasteiger charge is -2.14. The quantitative estimate of drug-likeness (QED) is 0.761. The van der Waals surface area contributed by atoms with Gasteiger partial charge in [-0.2, -0.15) is 0 Å². The number of ether oxygens (including phenoxy) is 2. The summed E-state index contributed by atoms with van der Waals surface area (Å²) in [6, 6.07) is 11.7. The van der Waals surface area contributed by atoms with Crippen molar-refractivity contribution in [3.63, 3.8) is 0 Å². The van der Waals surface area contributed by atoms with E-state index < -0.39 is 0 Å².